The minimum atomic E-state index is 0.792. The summed E-state index contributed by atoms with van der Waals surface area (Å²) in [6.45, 7) is 4.18. The Balaban J connectivity index is 1.98. The van der Waals surface area contributed by atoms with Gasteiger partial charge in [0.25, 0.3) is 0 Å². The van der Waals surface area contributed by atoms with Crippen molar-refractivity contribution in [3.63, 3.8) is 0 Å². The standard InChI is InChI=1S/C13H19BrN2/c1-11-4-2-5-12(15-11)10-16(9-8-14)13-6-3-7-13/h2,4-5,13H,3,6-10H2,1H3. The largest absolute Gasteiger partial charge is 0.294 e. The Morgan fingerprint density at radius 1 is 1.44 bits per heavy atom. The summed E-state index contributed by atoms with van der Waals surface area (Å²) in [5, 5.41) is 1.05. The van der Waals surface area contributed by atoms with Gasteiger partial charge in [-0.25, -0.2) is 0 Å². The van der Waals surface area contributed by atoms with Crippen molar-refractivity contribution < 1.29 is 0 Å². The van der Waals surface area contributed by atoms with Crippen LogP contribution in [-0.2, 0) is 6.54 Å². The van der Waals surface area contributed by atoms with E-state index in [1.54, 1.807) is 0 Å². The summed E-state index contributed by atoms with van der Waals surface area (Å²) in [5.74, 6) is 0. The van der Waals surface area contributed by atoms with Gasteiger partial charge in [-0.05, 0) is 31.9 Å². The van der Waals surface area contributed by atoms with Crippen molar-refractivity contribution in [1.29, 1.82) is 0 Å². The van der Waals surface area contributed by atoms with Gasteiger partial charge in [0.05, 0.1) is 5.69 Å². The van der Waals surface area contributed by atoms with Crippen LogP contribution in [0.4, 0.5) is 0 Å². The SMILES string of the molecule is Cc1cccc(CN(CCBr)C2CCC2)n1. The molecular weight excluding hydrogens is 264 g/mol. The van der Waals surface area contributed by atoms with E-state index in [9.17, 15) is 0 Å². The number of aryl methyl sites for hydroxylation is 1. The third-order valence-electron chi connectivity index (χ3n) is 3.27. The van der Waals surface area contributed by atoms with Gasteiger partial charge in [0.2, 0.25) is 0 Å². The van der Waals surface area contributed by atoms with Crippen molar-refractivity contribution in [2.75, 3.05) is 11.9 Å². The molecule has 0 saturated heterocycles. The van der Waals surface area contributed by atoms with Crippen LogP contribution in [-0.4, -0.2) is 27.8 Å². The Labute approximate surface area is 106 Å². The molecule has 1 aliphatic rings. The molecule has 2 rings (SSSR count). The Hall–Kier alpha value is -0.410. The summed E-state index contributed by atoms with van der Waals surface area (Å²) in [6, 6.07) is 7.08. The third kappa shape index (κ3) is 3.05. The van der Waals surface area contributed by atoms with E-state index < -0.39 is 0 Å². The molecule has 0 N–H and O–H groups in total. The lowest BCUT2D eigenvalue weighted by Crippen LogP contribution is -2.40. The van der Waals surface area contributed by atoms with Crippen molar-refractivity contribution in [1.82, 2.24) is 9.88 Å². The van der Waals surface area contributed by atoms with E-state index in [0.717, 1.165) is 30.2 Å². The molecule has 0 bridgehead atoms. The van der Waals surface area contributed by atoms with Gasteiger partial charge in [-0.15, -0.1) is 0 Å². The monoisotopic (exact) mass is 282 g/mol. The minimum Gasteiger partial charge on any atom is -0.294 e. The highest BCUT2D eigenvalue weighted by Crippen LogP contribution is 2.25. The zero-order valence-corrected chi connectivity index (χ0v) is 11.4. The maximum absolute atomic E-state index is 4.58. The molecule has 0 aliphatic heterocycles. The molecule has 1 aromatic heterocycles. The lowest BCUT2D eigenvalue weighted by molar-refractivity contribution is 0.126. The molecule has 2 nitrogen and oxygen atoms in total. The average Bonchev–Trinajstić information content (AvgIpc) is 2.15. The summed E-state index contributed by atoms with van der Waals surface area (Å²) < 4.78 is 0. The first kappa shape index (κ1) is 12.1. The van der Waals surface area contributed by atoms with Crippen molar-refractivity contribution in [2.45, 2.75) is 38.8 Å². The van der Waals surface area contributed by atoms with Gasteiger partial charge in [0, 0.05) is 30.2 Å². The van der Waals surface area contributed by atoms with E-state index in [2.05, 4.69) is 50.9 Å². The van der Waals surface area contributed by atoms with E-state index in [-0.39, 0.29) is 0 Å². The molecule has 3 heteroatoms. The number of halogens is 1. The van der Waals surface area contributed by atoms with Crippen LogP contribution in [0, 0.1) is 6.92 Å². The summed E-state index contributed by atoms with van der Waals surface area (Å²) >= 11 is 3.54. The lowest BCUT2D eigenvalue weighted by Gasteiger charge is -2.37. The fourth-order valence-electron chi connectivity index (χ4n) is 2.15. The number of rotatable bonds is 5. The zero-order valence-electron chi connectivity index (χ0n) is 9.82. The van der Waals surface area contributed by atoms with Crippen LogP contribution in [0.25, 0.3) is 0 Å². The molecule has 1 aromatic rings. The number of alkyl halides is 1. The van der Waals surface area contributed by atoms with Gasteiger partial charge < -0.3 is 0 Å². The second-order valence-corrected chi connectivity index (χ2v) is 5.31. The van der Waals surface area contributed by atoms with E-state index >= 15 is 0 Å². The van der Waals surface area contributed by atoms with Crippen molar-refractivity contribution in [2.24, 2.45) is 0 Å². The fraction of sp³-hybridized carbons (Fsp3) is 0.615. The molecule has 0 unspecified atom stereocenters. The lowest BCUT2D eigenvalue weighted by atomic mass is 9.91. The van der Waals surface area contributed by atoms with Gasteiger partial charge in [0.15, 0.2) is 0 Å². The van der Waals surface area contributed by atoms with Crippen LogP contribution in [0.15, 0.2) is 18.2 Å². The molecule has 0 atom stereocenters. The van der Waals surface area contributed by atoms with Crippen LogP contribution < -0.4 is 0 Å². The highest BCUT2D eigenvalue weighted by molar-refractivity contribution is 9.09. The smallest absolute Gasteiger partial charge is 0.0547 e. The number of nitrogens with zero attached hydrogens (tertiary/aromatic N) is 2. The predicted octanol–water partition coefficient (Wildman–Crippen LogP) is 3.14. The number of hydrogen-bond acceptors (Lipinski definition) is 2. The highest BCUT2D eigenvalue weighted by Gasteiger charge is 2.24. The van der Waals surface area contributed by atoms with Gasteiger partial charge in [0.1, 0.15) is 0 Å². The predicted molar refractivity (Wildman–Crippen MR) is 70.8 cm³/mol. The summed E-state index contributed by atoms with van der Waals surface area (Å²) in [5.41, 5.74) is 2.32. The van der Waals surface area contributed by atoms with Gasteiger partial charge in [-0.3, -0.25) is 9.88 Å². The molecule has 16 heavy (non-hydrogen) atoms. The molecule has 0 radical (unpaired) electrons. The normalized spacial score (nSPS) is 16.4. The van der Waals surface area contributed by atoms with E-state index in [1.807, 2.05) is 0 Å². The molecule has 1 aliphatic carbocycles. The van der Waals surface area contributed by atoms with Crippen LogP contribution in [0.1, 0.15) is 30.7 Å². The van der Waals surface area contributed by atoms with Crippen LogP contribution in [0.5, 0.6) is 0 Å². The molecule has 88 valence electrons. The number of aromatic nitrogens is 1. The second kappa shape index (κ2) is 5.78. The first-order chi connectivity index (χ1) is 7.79. The third-order valence-corrected chi connectivity index (χ3v) is 3.63. The fourth-order valence-corrected chi connectivity index (χ4v) is 2.60. The minimum absolute atomic E-state index is 0.792. The quantitative estimate of drug-likeness (QED) is 0.772. The summed E-state index contributed by atoms with van der Waals surface area (Å²) in [6.07, 6.45) is 4.11. The van der Waals surface area contributed by atoms with E-state index in [4.69, 9.17) is 0 Å². The summed E-state index contributed by atoms with van der Waals surface area (Å²) in [4.78, 5) is 7.13. The van der Waals surface area contributed by atoms with Crippen molar-refractivity contribution in [3.05, 3.63) is 29.6 Å². The van der Waals surface area contributed by atoms with Crippen LogP contribution in [0.3, 0.4) is 0 Å². The van der Waals surface area contributed by atoms with Gasteiger partial charge in [-0.2, -0.15) is 0 Å². The van der Waals surface area contributed by atoms with Gasteiger partial charge >= 0.3 is 0 Å². The molecule has 1 fully saturated rings. The average molecular weight is 283 g/mol. The summed E-state index contributed by atoms with van der Waals surface area (Å²) in [7, 11) is 0. The highest BCUT2D eigenvalue weighted by atomic mass is 79.9. The Morgan fingerprint density at radius 2 is 2.25 bits per heavy atom. The van der Waals surface area contributed by atoms with E-state index in [0.29, 0.717) is 0 Å². The molecule has 0 aromatic carbocycles. The molecule has 0 spiro atoms. The van der Waals surface area contributed by atoms with Crippen molar-refractivity contribution >= 4 is 15.9 Å². The first-order valence-electron chi connectivity index (χ1n) is 6.02. The van der Waals surface area contributed by atoms with Crippen LogP contribution in [0.2, 0.25) is 0 Å². The maximum Gasteiger partial charge on any atom is 0.0547 e. The van der Waals surface area contributed by atoms with E-state index in [1.165, 1.54) is 25.0 Å². The van der Waals surface area contributed by atoms with Crippen LogP contribution >= 0.6 is 15.9 Å². The number of hydrogen-bond donors (Lipinski definition) is 0. The maximum atomic E-state index is 4.58. The molecule has 1 heterocycles. The Morgan fingerprint density at radius 3 is 2.81 bits per heavy atom. The van der Waals surface area contributed by atoms with Gasteiger partial charge in [-0.1, -0.05) is 28.4 Å². The van der Waals surface area contributed by atoms with Crippen molar-refractivity contribution in [3.8, 4) is 0 Å². The zero-order chi connectivity index (χ0) is 11.4. The Kier molecular flexibility index (Phi) is 4.36. The number of pyridine rings is 1. The molecule has 0 amide bonds. The molecule has 1 saturated carbocycles. The Bertz CT molecular complexity index is 336. The molecular formula is C13H19BrN2. The topological polar surface area (TPSA) is 16.1 Å². The first-order valence-corrected chi connectivity index (χ1v) is 7.14. The second-order valence-electron chi connectivity index (χ2n) is 4.51.